The number of piperidine rings is 1. The van der Waals surface area contributed by atoms with Gasteiger partial charge in [0.25, 0.3) is 5.91 Å². The third-order valence-electron chi connectivity index (χ3n) is 5.26. The van der Waals surface area contributed by atoms with Crippen molar-refractivity contribution in [2.45, 2.75) is 39.3 Å². The molecule has 1 aromatic carbocycles. The molecule has 138 valence electrons. The van der Waals surface area contributed by atoms with Gasteiger partial charge in [-0.1, -0.05) is 19.1 Å². The number of rotatable bonds is 4. The number of hydrogen-bond donors (Lipinski definition) is 2. The van der Waals surface area contributed by atoms with Gasteiger partial charge in [0.05, 0.1) is 6.20 Å². The molecule has 0 aliphatic carbocycles. The third-order valence-corrected chi connectivity index (χ3v) is 5.26. The number of fused-ring (bicyclic) bond motifs is 1. The average Bonchev–Trinajstić information content (AvgIpc) is 3.05. The van der Waals surface area contributed by atoms with Crippen LogP contribution in [-0.4, -0.2) is 40.2 Å². The molecule has 26 heavy (non-hydrogen) atoms. The summed E-state index contributed by atoms with van der Waals surface area (Å²) < 4.78 is 1.91. The van der Waals surface area contributed by atoms with Crippen LogP contribution in [-0.2, 0) is 13.1 Å². The lowest BCUT2D eigenvalue weighted by Crippen LogP contribution is -2.33. The molecule has 2 N–H and O–H groups in total. The maximum atomic E-state index is 12.7. The second-order valence-electron chi connectivity index (χ2n) is 7.55. The second-order valence-corrected chi connectivity index (χ2v) is 7.55. The van der Waals surface area contributed by atoms with Gasteiger partial charge in [-0.15, -0.1) is 0 Å². The van der Waals surface area contributed by atoms with Crippen molar-refractivity contribution in [1.82, 2.24) is 14.7 Å². The molecule has 1 amide bonds. The molecule has 0 bridgehead atoms. The number of benzene rings is 1. The number of nitrogens with one attached hydrogen (secondary N) is 2. The number of carbonyl (C=O) groups excluding carboxylic acids is 1. The Morgan fingerprint density at radius 2 is 2.27 bits per heavy atom. The summed E-state index contributed by atoms with van der Waals surface area (Å²) in [6.07, 6.45) is 5.37. The highest BCUT2D eigenvalue weighted by Gasteiger charge is 2.18. The van der Waals surface area contributed by atoms with Gasteiger partial charge in [0, 0.05) is 31.7 Å². The van der Waals surface area contributed by atoms with Crippen molar-refractivity contribution in [2.24, 2.45) is 5.92 Å². The SMILES string of the molecule is C[C@@H]1CCCN(Cc2cccc(C(=O)Nc3cnn4c3NCCC4)c2)C1. The fraction of sp³-hybridized carbons (Fsp3) is 0.500. The maximum absolute atomic E-state index is 12.7. The Morgan fingerprint density at radius 3 is 3.15 bits per heavy atom. The fourth-order valence-corrected chi connectivity index (χ4v) is 3.96. The fourth-order valence-electron chi connectivity index (χ4n) is 3.96. The largest absolute Gasteiger partial charge is 0.368 e. The summed E-state index contributed by atoms with van der Waals surface area (Å²) >= 11 is 0. The van der Waals surface area contributed by atoms with Crippen LogP contribution in [0, 0.1) is 5.92 Å². The smallest absolute Gasteiger partial charge is 0.255 e. The van der Waals surface area contributed by atoms with Crippen LogP contribution in [0.1, 0.15) is 42.1 Å². The van der Waals surface area contributed by atoms with Gasteiger partial charge in [0.1, 0.15) is 11.5 Å². The minimum Gasteiger partial charge on any atom is -0.368 e. The lowest BCUT2D eigenvalue weighted by atomic mass is 9.99. The van der Waals surface area contributed by atoms with Crippen LogP contribution in [0.25, 0.3) is 0 Å². The first-order chi connectivity index (χ1) is 12.7. The van der Waals surface area contributed by atoms with Gasteiger partial charge in [-0.3, -0.25) is 9.69 Å². The van der Waals surface area contributed by atoms with Gasteiger partial charge in [-0.25, -0.2) is 4.68 Å². The Kier molecular flexibility index (Phi) is 4.93. The van der Waals surface area contributed by atoms with Crippen molar-refractivity contribution in [1.29, 1.82) is 0 Å². The molecule has 3 heterocycles. The summed E-state index contributed by atoms with van der Waals surface area (Å²) in [6, 6.07) is 7.97. The molecule has 2 aliphatic heterocycles. The van der Waals surface area contributed by atoms with Gasteiger partial charge in [-0.05, 0) is 49.4 Å². The minimum atomic E-state index is -0.0814. The lowest BCUT2D eigenvalue weighted by Gasteiger charge is -2.30. The van der Waals surface area contributed by atoms with Crippen LogP contribution >= 0.6 is 0 Å². The number of aromatic nitrogens is 2. The summed E-state index contributed by atoms with van der Waals surface area (Å²) in [7, 11) is 0. The van der Waals surface area contributed by atoms with E-state index in [0.717, 1.165) is 56.6 Å². The molecular formula is C20H27N5O. The number of likely N-dealkylation sites (tertiary alicyclic amines) is 1. The van der Waals surface area contributed by atoms with Gasteiger partial charge in [0.2, 0.25) is 0 Å². The highest BCUT2D eigenvalue weighted by atomic mass is 16.1. The van der Waals surface area contributed by atoms with Crippen molar-refractivity contribution in [3.8, 4) is 0 Å². The van der Waals surface area contributed by atoms with Crippen molar-refractivity contribution >= 4 is 17.4 Å². The van der Waals surface area contributed by atoms with Crippen LogP contribution in [0.15, 0.2) is 30.5 Å². The molecule has 6 heteroatoms. The van der Waals surface area contributed by atoms with E-state index in [1.165, 1.54) is 18.4 Å². The molecule has 1 fully saturated rings. The van der Waals surface area contributed by atoms with Crippen LogP contribution < -0.4 is 10.6 Å². The highest BCUT2D eigenvalue weighted by molar-refractivity contribution is 6.05. The molecule has 1 saturated heterocycles. The predicted octanol–water partition coefficient (Wildman–Crippen LogP) is 3.18. The number of nitrogens with zero attached hydrogens (tertiary/aromatic N) is 3. The van der Waals surface area contributed by atoms with E-state index in [0.29, 0.717) is 5.56 Å². The van der Waals surface area contributed by atoms with E-state index in [9.17, 15) is 4.79 Å². The Bertz CT molecular complexity index is 784. The van der Waals surface area contributed by atoms with Crippen LogP contribution in [0.3, 0.4) is 0 Å². The number of carbonyl (C=O) groups is 1. The van der Waals surface area contributed by atoms with E-state index < -0.39 is 0 Å². The molecule has 0 saturated carbocycles. The number of amides is 1. The first-order valence-electron chi connectivity index (χ1n) is 9.61. The summed E-state index contributed by atoms with van der Waals surface area (Å²) in [5, 5.41) is 10.7. The Hall–Kier alpha value is -2.34. The van der Waals surface area contributed by atoms with E-state index in [1.807, 2.05) is 22.9 Å². The van der Waals surface area contributed by atoms with Gasteiger partial charge < -0.3 is 10.6 Å². The second kappa shape index (κ2) is 7.50. The van der Waals surface area contributed by atoms with E-state index in [2.05, 4.69) is 33.6 Å². The highest BCUT2D eigenvalue weighted by Crippen LogP contribution is 2.25. The maximum Gasteiger partial charge on any atom is 0.255 e. The quantitative estimate of drug-likeness (QED) is 0.886. The zero-order chi connectivity index (χ0) is 17.9. The zero-order valence-corrected chi connectivity index (χ0v) is 15.4. The van der Waals surface area contributed by atoms with Crippen molar-refractivity contribution in [3.05, 3.63) is 41.6 Å². The molecular weight excluding hydrogens is 326 g/mol. The summed E-state index contributed by atoms with van der Waals surface area (Å²) in [6.45, 7) is 7.33. The molecule has 0 unspecified atom stereocenters. The minimum absolute atomic E-state index is 0.0814. The van der Waals surface area contributed by atoms with Crippen molar-refractivity contribution in [3.63, 3.8) is 0 Å². The zero-order valence-electron chi connectivity index (χ0n) is 15.4. The van der Waals surface area contributed by atoms with Crippen LogP contribution in [0.5, 0.6) is 0 Å². The Morgan fingerprint density at radius 1 is 1.35 bits per heavy atom. The Balaban J connectivity index is 1.44. The van der Waals surface area contributed by atoms with Crippen LogP contribution in [0.4, 0.5) is 11.5 Å². The molecule has 0 spiro atoms. The number of anilines is 2. The molecule has 0 radical (unpaired) electrons. The monoisotopic (exact) mass is 353 g/mol. The van der Waals surface area contributed by atoms with Crippen LogP contribution in [0.2, 0.25) is 0 Å². The first-order valence-corrected chi connectivity index (χ1v) is 9.61. The topological polar surface area (TPSA) is 62.2 Å². The van der Waals surface area contributed by atoms with E-state index in [-0.39, 0.29) is 5.91 Å². The molecule has 4 rings (SSSR count). The third kappa shape index (κ3) is 3.75. The molecule has 1 atom stereocenters. The van der Waals surface area contributed by atoms with E-state index >= 15 is 0 Å². The molecule has 6 nitrogen and oxygen atoms in total. The predicted molar refractivity (Wildman–Crippen MR) is 103 cm³/mol. The normalized spacial score (nSPS) is 20.3. The van der Waals surface area contributed by atoms with E-state index in [4.69, 9.17) is 0 Å². The number of hydrogen-bond acceptors (Lipinski definition) is 4. The summed E-state index contributed by atoms with van der Waals surface area (Å²) in [5.41, 5.74) is 2.65. The van der Waals surface area contributed by atoms with Gasteiger partial charge in [-0.2, -0.15) is 5.10 Å². The molecule has 2 aromatic rings. The summed E-state index contributed by atoms with van der Waals surface area (Å²) in [4.78, 5) is 15.2. The van der Waals surface area contributed by atoms with Crippen molar-refractivity contribution < 1.29 is 4.79 Å². The molecule has 1 aromatic heterocycles. The number of aryl methyl sites for hydroxylation is 1. The lowest BCUT2D eigenvalue weighted by molar-refractivity contribution is 0.102. The van der Waals surface area contributed by atoms with Gasteiger partial charge >= 0.3 is 0 Å². The summed E-state index contributed by atoms with van der Waals surface area (Å²) in [5.74, 6) is 1.58. The van der Waals surface area contributed by atoms with E-state index in [1.54, 1.807) is 6.20 Å². The molecule has 2 aliphatic rings. The van der Waals surface area contributed by atoms with Crippen molar-refractivity contribution in [2.75, 3.05) is 30.3 Å². The average molecular weight is 353 g/mol. The Labute approximate surface area is 154 Å². The standard InChI is InChI=1S/C20H27N5O/c1-15-5-3-9-24(13-15)14-16-6-2-7-17(11-16)20(26)23-18-12-22-25-10-4-8-21-19(18)25/h2,6-7,11-12,15,21H,3-5,8-10,13-14H2,1H3,(H,23,26)/t15-/m1/s1. The first kappa shape index (κ1) is 17.1. The van der Waals surface area contributed by atoms with Gasteiger partial charge in [0.15, 0.2) is 0 Å².